The van der Waals surface area contributed by atoms with Crippen LogP contribution in [0.5, 0.6) is 0 Å². The summed E-state index contributed by atoms with van der Waals surface area (Å²) in [5.74, 6) is -1.08. The normalized spacial score (nSPS) is 23.5. The molecule has 0 spiro atoms. The second kappa shape index (κ2) is 18.1. The van der Waals surface area contributed by atoms with Crippen LogP contribution >= 0.6 is 0 Å². The highest BCUT2D eigenvalue weighted by Crippen LogP contribution is 2.41. The van der Waals surface area contributed by atoms with Crippen molar-refractivity contribution < 1.29 is 38.9 Å². The van der Waals surface area contributed by atoms with Crippen molar-refractivity contribution in [3.8, 4) is 0 Å². The molecule has 5 atom stereocenters. The number of anilines is 4. The third-order valence-electron chi connectivity index (χ3n) is 15.1. The molecule has 4 aromatic heterocycles. The first-order chi connectivity index (χ1) is 34.1. The molecule has 362 valence electrons. The number of fused-ring (bicyclic) bond motifs is 4. The lowest BCUT2D eigenvalue weighted by atomic mass is 10.0. The maximum absolute atomic E-state index is 15.0. The maximum Gasteiger partial charge on any atom is 0.261 e. The molecular formula is C50H54N12O8. The van der Waals surface area contributed by atoms with Crippen LogP contribution in [-0.4, -0.2) is 144 Å². The van der Waals surface area contributed by atoms with Crippen molar-refractivity contribution >= 4 is 57.7 Å². The zero-order chi connectivity index (χ0) is 47.6. The number of aromatic nitrogens is 6. The van der Waals surface area contributed by atoms with Crippen LogP contribution in [0.3, 0.4) is 0 Å². The number of carbonyl (C=O) groups excluding carboxylic acids is 4. The molecule has 4 amide bonds. The molecule has 4 N–H and O–H groups in total. The Balaban J connectivity index is 0.868. The average Bonchev–Trinajstić information content (AvgIpc) is 4.25. The van der Waals surface area contributed by atoms with Crippen molar-refractivity contribution in [1.29, 1.82) is 0 Å². The van der Waals surface area contributed by atoms with Crippen molar-refractivity contribution in [2.45, 2.75) is 69.9 Å². The summed E-state index contributed by atoms with van der Waals surface area (Å²) in [5.41, 5.74) is 6.54. The first-order valence-electron chi connectivity index (χ1n) is 24.4. The number of ether oxygens (including phenoxy) is 2. The Hall–Kier alpha value is -7.00. The summed E-state index contributed by atoms with van der Waals surface area (Å²) < 4.78 is 15.3. The number of nitrogens with one attached hydrogen (secondary N) is 2. The Bertz CT molecular complexity index is 3060. The first kappa shape index (κ1) is 44.2. The molecule has 6 aromatic rings. The number of aliphatic hydroxyl groups excluding tert-OH is 2. The van der Waals surface area contributed by atoms with Crippen LogP contribution in [0.4, 0.5) is 22.7 Å². The van der Waals surface area contributed by atoms with Crippen LogP contribution < -0.4 is 20.4 Å². The fraction of sp³-hybridized carbons (Fsp3) is 0.440. The lowest BCUT2D eigenvalue weighted by Gasteiger charge is -2.35. The van der Waals surface area contributed by atoms with Crippen molar-refractivity contribution in [1.82, 2.24) is 39.0 Å². The number of hydrogen-bond donors (Lipinski definition) is 4. The summed E-state index contributed by atoms with van der Waals surface area (Å²) in [6.07, 6.45) is 11.5. The lowest BCUT2D eigenvalue weighted by molar-refractivity contribution is 0.0363. The topological polar surface area (TPSA) is 225 Å². The van der Waals surface area contributed by atoms with E-state index in [1.165, 1.54) is 10.7 Å². The zero-order valence-corrected chi connectivity index (χ0v) is 38.6. The second-order valence-corrected chi connectivity index (χ2v) is 19.3. The lowest BCUT2D eigenvalue weighted by Crippen LogP contribution is -2.39. The van der Waals surface area contributed by atoms with Gasteiger partial charge in [0.05, 0.1) is 67.5 Å². The van der Waals surface area contributed by atoms with Crippen LogP contribution in [0, 0.1) is 11.8 Å². The molecule has 2 aliphatic carbocycles. The van der Waals surface area contributed by atoms with Gasteiger partial charge in [-0.15, -0.1) is 0 Å². The minimum absolute atomic E-state index is 0.00308. The van der Waals surface area contributed by atoms with Crippen molar-refractivity contribution in [3.63, 3.8) is 0 Å². The molecule has 2 saturated heterocycles. The van der Waals surface area contributed by atoms with Gasteiger partial charge in [-0.2, -0.15) is 10.2 Å². The number of nitrogens with zero attached hydrogens (tertiary/aromatic N) is 10. The Morgan fingerprint density at radius 1 is 0.700 bits per heavy atom. The van der Waals surface area contributed by atoms with Gasteiger partial charge in [-0.05, 0) is 73.2 Å². The molecule has 70 heavy (non-hydrogen) atoms. The van der Waals surface area contributed by atoms with Gasteiger partial charge < -0.3 is 49.9 Å². The summed E-state index contributed by atoms with van der Waals surface area (Å²) in [5, 5.41) is 36.8. The van der Waals surface area contributed by atoms with Gasteiger partial charge in [0, 0.05) is 93.6 Å². The van der Waals surface area contributed by atoms with Crippen molar-refractivity contribution in [3.05, 3.63) is 106 Å². The maximum atomic E-state index is 15.0. The minimum Gasteiger partial charge on any atom is -0.393 e. The van der Waals surface area contributed by atoms with Gasteiger partial charge in [0.25, 0.3) is 23.6 Å². The molecule has 2 aromatic carbocycles. The van der Waals surface area contributed by atoms with Gasteiger partial charge in [0.2, 0.25) is 0 Å². The number of rotatable bonds is 11. The third kappa shape index (κ3) is 7.97. The van der Waals surface area contributed by atoms with E-state index in [0.717, 1.165) is 49.7 Å². The smallest absolute Gasteiger partial charge is 0.261 e. The van der Waals surface area contributed by atoms with Gasteiger partial charge in [-0.25, -0.2) is 19.0 Å². The average molecular weight is 951 g/mol. The van der Waals surface area contributed by atoms with Gasteiger partial charge >= 0.3 is 0 Å². The van der Waals surface area contributed by atoms with E-state index in [-0.39, 0.29) is 47.9 Å². The number of hydrogen-bond acceptors (Lipinski definition) is 14. The minimum atomic E-state index is -0.760. The summed E-state index contributed by atoms with van der Waals surface area (Å²) in [4.78, 5) is 73.9. The van der Waals surface area contributed by atoms with E-state index >= 15 is 4.79 Å². The Morgan fingerprint density at radius 3 is 1.91 bits per heavy atom. The third-order valence-corrected chi connectivity index (χ3v) is 15.1. The molecule has 12 rings (SSSR count). The Labute approximate surface area is 402 Å². The van der Waals surface area contributed by atoms with Crippen LogP contribution in [-0.2, 0) is 22.6 Å². The van der Waals surface area contributed by atoms with Crippen LogP contribution in [0.25, 0.3) is 11.3 Å². The zero-order valence-electron chi connectivity index (χ0n) is 38.6. The molecule has 20 heteroatoms. The molecule has 6 aliphatic rings. The van der Waals surface area contributed by atoms with E-state index in [0.29, 0.717) is 110 Å². The Morgan fingerprint density at radius 2 is 1.29 bits per heavy atom. The molecule has 8 heterocycles. The second-order valence-electron chi connectivity index (χ2n) is 19.3. The highest BCUT2D eigenvalue weighted by molar-refractivity contribution is 6.12. The molecule has 20 nitrogen and oxygen atoms in total. The Kier molecular flexibility index (Phi) is 11.4. The first-order valence-corrected chi connectivity index (χ1v) is 24.4. The fourth-order valence-corrected chi connectivity index (χ4v) is 11.4. The number of morpholine rings is 2. The molecule has 2 saturated carbocycles. The number of carbonyl (C=O) groups is 4. The summed E-state index contributed by atoms with van der Waals surface area (Å²) in [7, 11) is 0. The largest absolute Gasteiger partial charge is 0.393 e. The van der Waals surface area contributed by atoms with E-state index in [4.69, 9.17) is 14.6 Å². The van der Waals surface area contributed by atoms with Crippen LogP contribution in [0.2, 0.25) is 0 Å². The monoisotopic (exact) mass is 950 g/mol. The molecule has 0 radical (unpaired) electrons. The summed E-state index contributed by atoms with van der Waals surface area (Å²) in [6, 6.07) is 10.9. The van der Waals surface area contributed by atoms with E-state index in [1.54, 1.807) is 51.2 Å². The highest BCUT2D eigenvalue weighted by atomic mass is 16.5. The van der Waals surface area contributed by atoms with Gasteiger partial charge in [0.1, 0.15) is 22.9 Å². The SMILES string of the molecule is O=C(Nc1cc2c(cc1N1CCOC(c3nn4cccnc4c3C(=O)Nc3cc4c(cc3N3CCOCC3)C(=O)N(C[C@@H]3CCC[C@H]3O)C4)C1)C(=O)N(C[C@H]1CCC[C@@H]1O)C2)c1cnn2cccnc12. The predicted molar refractivity (Wildman–Crippen MR) is 255 cm³/mol. The number of amides is 4. The van der Waals surface area contributed by atoms with Gasteiger partial charge in [-0.3, -0.25) is 19.2 Å². The molecule has 4 aliphatic heterocycles. The van der Waals surface area contributed by atoms with Crippen LogP contribution in [0.15, 0.2) is 67.4 Å². The van der Waals surface area contributed by atoms with Crippen LogP contribution in [0.1, 0.15) is 103 Å². The predicted octanol–water partition coefficient (Wildman–Crippen LogP) is 3.92. The molecule has 1 unspecified atom stereocenters. The summed E-state index contributed by atoms with van der Waals surface area (Å²) >= 11 is 0. The van der Waals surface area contributed by atoms with E-state index < -0.39 is 30.1 Å². The number of benzene rings is 2. The highest BCUT2D eigenvalue weighted by Gasteiger charge is 2.39. The molecule has 4 fully saturated rings. The molecular weight excluding hydrogens is 897 g/mol. The standard InChI is InChI=1S/C50H54N12O8/c63-40-7-1-5-29(40)24-59-26-31-19-36(38(21-33(31)49(59)67)57-13-16-69-17-14-57)55-48(66)43-44(56-62-12-4-10-52-46(43)62)42-28-58(15-18-70-42)39-22-34-32(27-60(50(34)68)25-30-6-2-8-41(30)64)20-37(39)54-47(65)35-23-53-61-11-3-9-51-45(35)61/h3-4,9-12,19-23,29-30,40-42,63-64H,1-2,5-8,13-18,24-28H2,(H,54,65)(H,55,66)/t29-,30+,40+,41-,42?/m0/s1. The van der Waals surface area contributed by atoms with Crippen molar-refractivity contribution in [2.75, 3.05) is 79.5 Å². The van der Waals surface area contributed by atoms with Gasteiger partial charge in [-0.1, -0.05) is 12.8 Å². The van der Waals surface area contributed by atoms with Crippen molar-refractivity contribution in [2.24, 2.45) is 11.8 Å². The summed E-state index contributed by atoms with van der Waals surface area (Å²) in [6.45, 7) is 4.55. The number of aliphatic hydroxyl groups is 2. The quantitative estimate of drug-likeness (QED) is 0.145. The van der Waals surface area contributed by atoms with E-state index in [2.05, 4.69) is 30.6 Å². The van der Waals surface area contributed by atoms with Gasteiger partial charge in [0.15, 0.2) is 11.3 Å². The fourth-order valence-electron chi connectivity index (χ4n) is 11.4. The van der Waals surface area contributed by atoms with E-state index in [1.807, 2.05) is 29.2 Å². The van der Waals surface area contributed by atoms with E-state index in [9.17, 15) is 24.6 Å². The molecule has 0 bridgehead atoms.